The molecule has 1 rings (SSSR count). The summed E-state index contributed by atoms with van der Waals surface area (Å²) in [6, 6.07) is 0.438. The molecule has 1 unspecified atom stereocenters. The van der Waals surface area contributed by atoms with Crippen LogP contribution >= 0.6 is 0 Å². The number of aliphatic hydroxyl groups excluding tert-OH is 1. The Kier molecular flexibility index (Phi) is 3.37. The van der Waals surface area contributed by atoms with Gasteiger partial charge in [-0.25, -0.2) is 4.39 Å². The van der Waals surface area contributed by atoms with E-state index in [1.54, 1.807) is 0 Å². The third-order valence-corrected chi connectivity index (χ3v) is 1.93. The van der Waals surface area contributed by atoms with Gasteiger partial charge in [-0.2, -0.15) is 26.3 Å². The SMILES string of the molecule is OC(c1ccc(C(F)(F)F)cc1F)C(F)(F)F. The first-order chi connectivity index (χ1) is 7.53. The van der Waals surface area contributed by atoms with E-state index in [0.717, 1.165) is 0 Å². The van der Waals surface area contributed by atoms with Crippen LogP contribution < -0.4 is 0 Å². The van der Waals surface area contributed by atoms with E-state index in [4.69, 9.17) is 5.11 Å². The topological polar surface area (TPSA) is 20.2 Å². The van der Waals surface area contributed by atoms with Gasteiger partial charge in [-0.3, -0.25) is 0 Å². The van der Waals surface area contributed by atoms with E-state index < -0.39 is 35.4 Å². The largest absolute Gasteiger partial charge is 0.418 e. The Morgan fingerprint density at radius 3 is 1.88 bits per heavy atom. The summed E-state index contributed by atoms with van der Waals surface area (Å²) in [5.41, 5.74) is -2.67. The van der Waals surface area contributed by atoms with Gasteiger partial charge in [0.25, 0.3) is 0 Å². The molecule has 0 saturated heterocycles. The number of halogens is 7. The van der Waals surface area contributed by atoms with Crippen molar-refractivity contribution in [1.29, 1.82) is 0 Å². The van der Waals surface area contributed by atoms with Crippen molar-refractivity contribution in [3.05, 3.63) is 35.1 Å². The maximum Gasteiger partial charge on any atom is 0.418 e. The summed E-state index contributed by atoms with van der Waals surface area (Å²) in [5.74, 6) is -1.76. The van der Waals surface area contributed by atoms with Crippen molar-refractivity contribution < 1.29 is 35.8 Å². The highest BCUT2D eigenvalue weighted by atomic mass is 19.4. The minimum absolute atomic E-state index is 0.0930. The fourth-order valence-corrected chi connectivity index (χ4v) is 1.10. The highest BCUT2D eigenvalue weighted by Gasteiger charge is 2.41. The lowest BCUT2D eigenvalue weighted by atomic mass is 10.1. The van der Waals surface area contributed by atoms with Crippen LogP contribution in [0, 0.1) is 5.82 Å². The Hall–Kier alpha value is -1.31. The molecular formula is C9H5F7O. The van der Waals surface area contributed by atoms with Gasteiger partial charge in [-0.05, 0) is 12.1 Å². The molecule has 0 bridgehead atoms. The second-order valence-electron chi connectivity index (χ2n) is 3.18. The Bertz CT molecular complexity index is 407. The molecule has 0 aliphatic carbocycles. The number of benzene rings is 1. The van der Waals surface area contributed by atoms with Gasteiger partial charge in [-0.1, -0.05) is 6.07 Å². The first-order valence-corrected chi connectivity index (χ1v) is 4.15. The lowest BCUT2D eigenvalue weighted by Gasteiger charge is -2.16. The van der Waals surface area contributed by atoms with Gasteiger partial charge in [-0.15, -0.1) is 0 Å². The van der Waals surface area contributed by atoms with E-state index in [-0.39, 0.29) is 18.2 Å². The average Bonchev–Trinajstić information content (AvgIpc) is 2.13. The number of hydrogen-bond acceptors (Lipinski definition) is 1. The first kappa shape index (κ1) is 13.8. The van der Waals surface area contributed by atoms with Gasteiger partial charge in [0, 0.05) is 5.56 Å². The Labute approximate surface area is 90.5 Å². The van der Waals surface area contributed by atoms with Crippen molar-refractivity contribution >= 4 is 0 Å². The summed E-state index contributed by atoms with van der Waals surface area (Å²) in [5, 5.41) is 8.69. The number of rotatable bonds is 1. The Balaban J connectivity index is 3.15. The molecule has 0 aliphatic rings. The lowest BCUT2D eigenvalue weighted by Crippen LogP contribution is -2.21. The molecule has 0 aliphatic heterocycles. The zero-order chi connectivity index (χ0) is 13.4. The van der Waals surface area contributed by atoms with Gasteiger partial charge in [0.05, 0.1) is 5.56 Å². The average molecular weight is 262 g/mol. The van der Waals surface area contributed by atoms with E-state index in [2.05, 4.69) is 0 Å². The zero-order valence-electron chi connectivity index (χ0n) is 7.90. The smallest absolute Gasteiger partial charge is 0.379 e. The number of alkyl halides is 6. The van der Waals surface area contributed by atoms with Crippen LogP contribution in [-0.2, 0) is 6.18 Å². The molecule has 1 nitrogen and oxygen atoms in total. The van der Waals surface area contributed by atoms with Crippen molar-refractivity contribution in [2.75, 3.05) is 0 Å². The second kappa shape index (κ2) is 4.17. The van der Waals surface area contributed by atoms with Crippen molar-refractivity contribution in [2.24, 2.45) is 0 Å². The van der Waals surface area contributed by atoms with Crippen LogP contribution in [0.5, 0.6) is 0 Å². The summed E-state index contributed by atoms with van der Waals surface area (Å²) in [6.07, 6.45) is -13.1. The van der Waals surface area contributed by atoms with E-state index in [1.807, 2.05) is 0 Å². The molecule has 1 atom stereocenters. The van der Waals surface area contributed by atoms with Crippen LogP contribution in [0.2, 0.25) is 0 Å². The van der Waals surface area contributed by atoms with Crippen molar-refractivity contribution in [2.45, 2.75) is 18.5 Å². The molecule has 0 heterocycles. The summed E-state index contributed by atoms with van der Waals surface area (Å²) in [7, 11) is 0. The van der Waals surface area contributed by atoms with Gasteiger partial charge in [0.1, 0.15) is 5.82 Å². The van der Waals surface area contributed by atoms with Gasteiger partial charge in [0.15, 0.2) is 6.10 Å². The summed E-state index contributed by atoms with van der Waals surface area (Å²) >= 11 is 0. The van der Waals surface area contributed by atoms with E-state index >= 15 is 0 Å². The molecule has 0 saturated carbocycles. The predicted octanol–water partition coefficient (Wildman–Crippen LogP) is 3.44. The molecule has 0 aromatic heterocycles. The van der Waals surface area contributed by atoms with Gasteiger partial charge >= 0.3 is 12.4 Å². The molecule has 96 valence electrons. The van der Waals surface area contributed by atoms with Crippen LogP contribution in [0.1, 0.15) is 17.2 Å². The summed E-state index contributed by atoms with van der Waals surface area (Å²) in [6.45, 7) is 0. The summed E-state index contributed by atoms with van der Waals surface area (Å²) in [4.78, 5) is 0. The quantitative estimate of drug-likeness (QED) is 0.768. The molecule has 17 heavy (non-hydrogen) atoms. The molecule has 1 N–H and O–H groups in total. The third-order valence-electron chi connectivity index (χ3n) is 1.93. The molecule has 8 heteroatoms. The normalized spacial score (nSPS) is 14.8. The standard InChI is InChI=1S/C9H5F7O/c10-6-3-4(8(11,12)13)1-2-5(6)7(17)9(14,15)16/h1-3,7,17H. The van der Waals surface area contributed by atoms with Crippen LogP contribution in [0.15, 0.2) is 18.2 Å². The van der Waals surface area contributed by atoms with Crippen molar-refractivity contribution in [3.8, 4) is 0 Å². The molecular weight excluding hydrogens is 257 g/mol. The fourth-order valence-electron chi connectivity index (χ4n) is 1.10. The predicted molar refractivity (Wildman–Crippen MR) is 42.4 cm³/mol. The molecule has 0 spiro atoms. The fraction of sp³-hybridized carbons (Fsp3) is 0.333. The van der Waals surface area contributed by atoms with Gasteiger partial charge < -0.3 is 5.11 Å². The van der Waals surface area contributed by atoms with E-state index in [1.165, 1.54) is 0 Å². The van der Waals surface area contributed by atoms with Gasteiger partial charge in [0.2, 0.25) is 0 Å². The van der Waals surface area contributed by atoms with Crippen molar-refractivity contribution in [3.63, 3.8) is 0 Å². The Morgan fingerprint density at radius 1 is 1.00 bits per heavy atom. The molecule has 0 amide bonds. The summed E-state index contributed by atoms with van der Waals surface area (Å²) < 4.78 is 85.3. The minimum Gasteiger partial charge on any atom is -0.379 e. The highest BCUT2D eigenvalue weighted by Crippen LogP contribution is 2.36. The molecule has 0 radical (unpaired) electrons. The maximum absolute atomic E-state index is 13.0. The molecule has 0 fully saturated rings. The molecule has 1 aromatic carbocycles. The van der Waals surface area contributed by atoms with E-state index in [9.17, 15) is 30.7 Å². The van der Waals surface area contributed by atoms with Crippen molar-refractivity contribution in [1.82, 2.24) is 0 Å². The number of aliphatic hydroxyl groups is 1. The number of hydrogen-bond donors (Lipinski definition) is 1. The van der Waals surface area contributed by atoms with E-state index in [0.29, 0.717) is 0 Å². The third kappa shape index (κ3) is 3.09. The molecule has 1 aromatic rings. The minimum atomic E-state index is -5.14. The Morgan fingerprint density at radius 2 is 1.53 bits per heavy atom. The van der Waals surface area contributed by atoms with Crippen LogP contribution in [0.3, 0.4) is 0 Å². The maximum atomic E-state index is 13.0. The zero-order valence-corrected chi connectivity index (χ0v) is 7.90. The van der Waals surface area contributed by atoms with Crippen LogP contribution in [-0.4, -0.2) is 11.3 Å². The van der Waals surface area contributed by atoms with Crippen LogP contribution in [0.4, 0.5) is 30.7 Å². The highest BCUT2D eigenvalue weighted by molar-refractivity contribution is 5.28. The van der Waals surface area contributed by atoms with Crippen LogP contribution in [0.25, 0.3) is 0 Å². The first-order valence-electron chi connectivity index (χ1n) is 4.15. The monoisotopic (exact) mass is 262 g/mol. The lowest BCUT2D eigenvalue weighted by molar-refractivity contribution is -0.207. The second-order valence-corrected chi connectivity index (χ2v) is 3.18.